The number of aromatic nitrogens is 2. The van der Waals surface area contributed by atoms with Crippen LogP contribution in [0, 0.1) is 0 Å². The maximum Gasteiger partial charge on any atom is 0.127 e. The molecule has 1 aromatic heterocycles. The van der Waals surface area contributed by atoms with Gasteiger partial charge in [-0.05, 0) is 0 Å². The Morgan fingerprint density at radius 3 is 2.45 bits per heavy atom. The molecule has 0 aliphatic carbocycles. The first kappa shape index (κ1) is 11.8. The Hall–Kier alpha value is 0.770. The second-order valence-electron chi connectivity index (χ2n) is 1.98. The van der Waals surface area contributed by atoms with Crippen molar-refractivity contribution in [1.29, 1.82) is 0 Å². The van der Waals surface area contributed by atoms with E-state index in [2.05, 4.69) is 62.6 Å². The maximum atomic E-state index is 3.76. The lowest BCUT2D eigenvalue weighted by Gasteiger charge is -1.76. The number of alkyl halides is 2. The van der Waals surface area contributed by atoms with Crippen molar-refractivity contribution in [3.63, 3.8) is 0 Å². The van der Waals surface area contributed by atoms with Gasteiger partial charge >= 0.3 is 0 Å². The molecule has 5 heteroatoms. The molecular weight excluding hydrogens is 339 g/mol. The summed E-state index contributed by atoms with van der Waals surface area (Å²) in [4.78, 5) is 0. The van der Waals surface area contributed by atoms with Gasteiger partial charge < -0.3 is 0 Å². The smallest absolute Gasteiger partial charge is 0.127 e. The van der Waals surface area contributed by atoms with Gasteiger partial charge in [0.25, 0.3) is 0 Å². The van der Waals surface area contributed by atoms with E-state index < -0.39 is 0 Å². The van der Waals surface area contributed by atoms with Gasteiger partial charge in [-0.3, -0.25) is 0 Å². The van der Waals surface area contributed by atoms with Crippen LogP contribution in [0.2, 0.25) is 0 Å². The molecule has 11 heavy (non-hydrogen) atoms. The monoisotopic (exact) mass is 348 g/mol. The summed E-state index contributed by atoms with van der Waals surface area (Å²) in [6.45, 7) is 4.31. The van der Waals surface area contributed by atoms with Gasteiger partial charge in [-0.1, -0.05) is 52.4 Å². The lowest BCUT2D eigenvalue weighted by Crippen LogP contribution is -1.71. The molecule has 2 nitrogen and oxygen atoms in total. The van der Waals surface area contributed by atoms with E-state index >= 15 is 0 Å². The van der Waals surface area contributed by atoms with Crippen LogP contribution in [0.25, 0.3) is 0 Å². The molecule has 0 amide bonds. The predicted octanol–water partition coefficient (Wildman–Crippen LogP) is 3.26. The van der Waals surface area contributed by atoms with Crippen LogP contribution in [0.1, 0.15) is 18.9 Å². The first-order valence-electron chi connectivity index (χ1n) is 3.12. The summed E-state index contributed by atoms with van der Waals surface area (Å²) in [6, 6.07) is 0. The molecule has 0 unspecified atom stereocenters. The van der Waals surface area contributed by atoms with Crippen molar-refractivity contribution in [2.45, 2.75) is 23.1 Å². The van der Waals surface area contributed by atoms with Crippen LogP contribution >= 0.6 is 49.9 Å². The van der Waals surface area contributed by atoms with Crippen LogP contribution in [-0.2, 0) is 5.33 Å². The van der Waals surface area contributed by atoms with Crippen molar-refractivity contribution in [3.05, 3.63) is 10.5 Å². The fraction of sp³-hybridized carbons (Fsp3) is 0.667. The molecule has 0 aromatic carbocycles. The van der Waals surface area contributed by atoms with Crippen LogP contribution in [-0.4, -0.2) is 14.1 Å². The van der Waals surface area contributed by atoms with E-state index in [0.29, 0.717) is 0 Å². The van der Waals surface area contributed by atoms with Crippen molar-refractivity contribution < 1.29 is 0 Å². The highest BCUT2D eigenvalue weighted by Gasteiger charge is 1.87. The fourth-order valence-electron chi connectivity index (χ4n) is 0.254. The fourth-order valence-corrected chi connectivity index (χ4v) is 1.14. The second kappa shape index (κ2) is 7.42. The summed E-state index contributed by atoms with van der Waals surface area (Å²) >= 11 is 7.14. The van der Waals surface area contributed by atoms with Gasteiger partial charge in [0.2, 0.25) is 0 Å². The molecule has 1 rings (SSSR count). The third-order valence-corrected chi connectivity index (χ3v) is 2.12. The van der Waals surface area contributed by atoms with Crippen molar-refractivity contribution in [3.8, 4) is 0 Å². The van der Waals surface area contributed by atoms with E-state index in [-0.39, 0.29) is 0 Å². The average molecular weight is 349 g/mol. The first-order chi connectivity index (χ1) is 5.16. The molecule has 0 saturated heterocycles. The minimum absolute atomic E-state index is 0.803. The number of hydrogen-bond acceptors (Lipinski definition) is 3. The SMILES string of the molecule is BrCc1nncs1.CC(C)I. The van der Waals surface area contributed by atoms with Gasteiger partial charge in [0.05, 0.1) is 5.33 Å². The van der Waals surface area contributed by atoms with Gasteiger partial charge in [-0.2, -0.15) is 0 Å². The van der Waals surface area contributed by atoms with E-state index in [0.717, 1.165) is 14.3 Å². The van der Waals surface area contributed by atoms with Crippen LogP contribution in [0.15, 0.2) is 5.51 Å². The second-order valence-corrected chi connectivity index (χ2v) is 5.95. The topological polar surface area (TPSA) is 25.8 Å². The summed E-state index contributed by atoms with van der Waals surface area (Å²) in [5.41, 5.74) is 1.72. The Bertz CT molecular complexity index is 164. The molecule has 0 radical (unpaired) electrons. The van der Waals surface area contributed by atoms with Gasteiger partial charge in [-0.25, -0.2) is 0 Å². The zero-order valence-electron chi connectivity index (χ0n) is 6.42. The average Bonchev–Trinajstić information content (AvgIpc) is 2.36. The van der Waals surface area contributed by atoms with Gasteiger partial charge in [0, 0.05) is 3.92 Å². The van der Waals surface area contributed by atoms with Crippen LogP contribution in [0.5, 0.6) is 0 Å². The minimum atomic E-state index is 0.803. The lowest BCUT2D eigenvalue weighted by molar-refractivity contribution is 1.04. The van der Waals surface area contributed by atoms with E-state index in [1.165, 1.54) is 0 Å². The van der Waals surface area contributed by atoms with Crippen molar-refractivity contribution in [2.75, 3.05) is 0 Å². The third kappa shape index (κ3) is 8.68. The van der Waals surface area contributed by atoms with E-state index in [9.17, 15) is 0 Å². The number of nitrogens with zero attached hydrogens (tertiary/aromatic N) is 2. The zero-order chi connectivity index (χ0) is 8.69. The minimum Gasteiger partial charge on any atom is -0.147 e. The molecular formula is C6H10BrIN2S. The zero-order valence-corrected chi connectivity index (χ0v) is 11.0. The van der Waals surface area contributed by atoms with E-state index in [1.54, 1.807) is 16.8 Å². The summed E-state index contributed by atoms with van der Waals surface area (Å²) in [7, 11) is 0. The Labute approximate surface area is 93.1 Å². The summed E-state index contributed by atoms with van der Waals surface area (Å²) in [5.74, 6) is 0. The van der Waals surface area contributed by atoms with Crippen molar-refractivity contribution in [1.82, 2.24) is 10.2 Å². The molecule has 0 fully saturated rings. The standard InChI is InChI=1S/C3H3BrN2S.C3H7I/c4-1-3-6-5-2-7-3;1-3(2)4/h2H,1H2;3H,1-2H3. The number of rotatable bonds is 1. The molecule has 64 valence electrons. The normalized spacial score (nSPS) is 9.18. The van der Waals surface area contributed by atoms with E-state index in [4.69, 9.17) is 0 Å². The molecule has 0 spiro atoms. The molecule has 1 aromatic rings. The lowest BCUT2D eigenvalue weighted by atomic mass is 10.6. The predicted molar refractivity (Wildman–Crippen MR) is 61.7 cm³/mol. The van der Waals surface area contributed by atoms with Gasteiger partial charge in [0.15, 0.2) is 0 Å². The first-order valence-corrected chi connectivity index (χ1v) is 6.36. The highest BCUT2D eigenvalue weighted by molar-refractivity contribution is 14.1. The van der Waals surface area contributed by atoms with E-state index in [1.807, 2.05) is 0 Å². The molecule has 0 bridgehead atoms. The summed E-state index contributed by atoms with van der Waals surface area (Å²) in [5, 5.41) is 9.23. The largest absolute Gasteiger partial charge is 0.147 e. The van der Waals surface area contributed by atoms with Crippen LogP contribution in [0.4, 0.5) is 0 Å². The number of hydrogen-bond donors (Lipinski definition) is 0. The van der Waals surface area contributed by atoms with Crippen LogP contribution in [0.3, 0.4) is 0 Å². The molecule has 1 heterocycles. The Morgan fingerprint density at radius 2 is 2.27 bits per heavy atom. The molecule has 0 atom stereocenters. The molecule has 0 N–H and O–H groups in total. The Morgan fingerprint density at radius 1 is 1.73 bits per heavy atom. The summed E-state index contributed by atoms with van der Waals surface area (Å²) < 4.78 is 0.803. The highest BCUT2D eigenvalue weighted by Crippen LogP contribution is 2.04. The molecule has 0 aliphatic heterocycles. The van der Waals surface area contributed by atoms with Crippen molar-refractivity contribution in [2.24, 2.45) is 0 Å². The molecule has 0 saturated carbocycles. The van der Waals surface area contributed by atoms with Gasteiger partial charge in [-0.15, -0.1) is 21.5 Å². The number of halogens is 2. The highest BCUT2D eigenvalue weighted by atomic mass is 127. The maximum absolute atomic E-state index is 3.76. The van der Waals surface area contributed by atoms with Gasteiger partial charge in [0.1, 0.15) is 10.5 Å². The Kier molecular flexibility index (Phi) is 7.94. The molecule has 0 aliphatic rings. The summed E-state index contributed by atoms with van der Waals surface area (Å²) in [6.07, 6.45) is 0. The van der Waals surface area contributed by atoms with Crippen molar-refractivity contribution >= 4 is 49.9 Å². The quantitative estimate of drug-likeness (QED) is 0.575. The van der Waals surface area contributed by atoms with Crippen LogP contribution < -0.4 is 0 Å². The third-order valence-electron chi connectivity index (χ3n) is 0.519. The Balaban J connectivity index is 0.000000218.